The van der Waals surface area contributed by atoms with Crippen LogP contribution in [0.3, 0.4) is 0 Å². The summed E-state index contributed by atoms with van der Waals surface area (Å²) < 4.78 is 5.10. The molecule has 2 radical (unpaired) electrons. The predicted molar refractivity (Wildman–Crippen MR) is 93.5 cm³/mol. The molecule has 0 aliphatic carbocycles. The molecule has 1 amide bonds. The topological polar surface area (TPSA) is 127 Å². The maximum atomic E-state index is 11.4. The number of nitrogens with two attached hydrogens (primary N) is 1. The molecule has 0 aliphatic heterocycles. The number of benzene rings is 1. The second kappa shape index (κ2) is 12.5. The molecule has 25 heavy (non-hydrogen) atoms. The molecule has 0 saturated heterocycles. The van der Waals surface area contributed by atoms with Crippen LogP contribution in [0.15, 0.2) is 35.4 Å². The Balaban J connectivity index is 0. The Morgan fingerprint density at radius 2 is 1.56 bits per heavy atom. The van der Waals surface area contributed by atoms with Crippen molar-refractivity contribution in [3.8, 4) is 5.75 Å². The summed E-state index contributed by atoms with van der Waals surface area (Å²) in [5.74, 6) is -3.11. The van der Waals surface area contributed by atoms with Crippen molar-refractivity contribution in [1.82, 2.24) is 0 Å². The first kappa shape index (κ1) is 26.4. The molecule has 0 unspecified atom stereocenters. The Labute approximate surface area is 190 Å². The third-order valence-electron chi connectivity index (χ3n) is 3.08. The first-order valence-corrected chi connectivity index (χ1v) is 6.92. The summed E-state index contributed by atoms with van der Waals surface area (Å²) in [6.07, 6.45) is -0.0226. The number of carbonyl (C=O) groups excluding carboxylic acids is 1. The minimum Gasteiger partial charge on any atom is -0.484 e. The van der Waals surface area contributed by atoms with Crippen molar-refractivity contribution in [3.05, 3.63) is 41.0 Å². The first-order valence-electron chi connectivity index (χ1n) is 6.92. The number of primary amides is 1. The number of ether oxygens (including phenoxy) is 1. The third kappa shape index (κ3) is 8.89. The Bertz CT molecular complexity index is 641. The fourth-order valence-corrected chi connectivity index (χ4v) is 2.07. The van der Waals surface area contributed by atoms with E-state index in [0.29, 0.717) is 11.3 Å². The summed E-state index contributed by atoms with van der Waals surface area (Å²) in [5.41, 5.74) is 5.31. The van der Waals surface area contributed by atoms with Crippen LogP contribution in [0.1, 0.15) is 19.4 Å². The number of amides is 1. The van der Waals surface area contributed by atoms with Gasteiger partial charge in [-0.15, -0.1) is 0 Å². The largest absolute Gasteiger partial charge is 0.484 e. The van der Waals surface area contributed by atoms with E-state index in [9.17, 15) is 24.6 Å². The van der Waals surface area contributed by atoms with Gasteiger partial charge in [0.1, 0.15) is 5.75 Å². The number of aliphatic carboxylic acids is 2. The number of hydrogen-bond donors (Lipinski definition) is 3. The molecule has 9 heteroatoms. The molecular formula is C16H19NNa2O6. The molecule has 0 aromatic heterocycles. The second-order valence-corrected chi connectivity index (χ2v) is 5.23. The van der Waals surface area contributed by atoms with E-state index in [0.717, 1.165) is 0 Å². The molecule has 0 saturated carbocycles. The predicted octanol–water partition coefficient (Wildman–Crippen LogP) is 0.453. The van der Waals surface area contributed by atoms with E-state index in [2.05, 4.69) is 0 Å². The van der Waals surface area contributed by atoms with Gasteiger partial charge in [0, 0.05) is 65.5 Å². The molecule has 7 nitrogen and oxygen atoms in total. The molecule has 126 valence electrons. The zero-order valence-corrected chi connectivity index (χ0v) is 18.9. The third-order valence-corrected chi connectivity index (χ3v) is 3.08. The van der Waals surface area contributed by atoms with Crippen molar-refractivity contribution in [3.63, 3.8) is 0 Å². The average Bonchev–Trinajstić information content (AvgIpc) is 2.44. The minimum atomic E-state index is -1.26. The van der Waals surface area contributed by atoms with Crippen molar-refractivity contribution in [2.75, 3.05) is 6.61 Å². The molecule has 1 aromatic rings. The van der Waals surface area contributed by atoms with E-state index < -0.39 is 23.8 Å². The first-order chi connectivity index (χ1) is 10.7. The fourth-order valence-electron chi connectivity index (χ4n) is 2.07. The van der Waals surface area contributed by atoms with E-state index in [1.54, 1.807) is 38.1 Å². The van der Waals surface area contributed by atoms with E-state index in [1.165, 1.54) is 0 Å². The molecular weight excluding hydrogens is 348 g/mol. The van der Waals surface area contributed by atoms with Gasteiger partial charge in [0.05, 0.1) is 11.1 Å². The molecule has 0 atom stereocenters. The van der Waals surface area contributed by atoms with E-state index in [1.807, 2.05) is 0 Å². The number of carboxylic acids is 2. The van der Waals surface area contributed by atoms with Gasteiger partial charge in [0.2, 0.25) is 0 Å². The molecule has 0 aliphatic rings. The summed E-state index contributed by atoms with van der Waals surface area (Å²) >= 11 is 0. The van der Waals surface area contributed by atoms with Gasteiger partial charge < -0.3 is 20.7 Å². The number of rotatable bonds is 8. The van der Waals surface area contributed by atoms with Crippen LogP contribution in [0.4, 0.5) is 0 Å². The smallest absolute Gasteiger partial charge is 0.332 e. The maximum absolute atomic E-state index is 11.4. The van der Waals surface area contributed by atoms with Crippen LogP contribution < -0.4 is 10.5 Å². The molecule has 1 rings (SSSR count). The minimum absolute atomic E-state index is 0. The van der Waals surface area contributed by atoms with Gasteiger partial charge in [-0.3, -0.25) is 4.79 Å². The molecule has 0 fully saturated rings. The van der Waals surface area contributed by atoms with Gasteiger partial charge in [0.15, 0.2) is 6.61 Å². The van der Waals surface area contributed by atoms with Gasteiger partial charge in [-0.2, -0.15) is 0 Å². The van der Waals surface area contributed by atoms with E-state index in [-0.39, 0.29) is 83.3 Å². The number of carboxylic acid groups (broad SMARTS) is 2. The Morgan fingerprint density at radius 3 is 1.92 bits per heavy atom. The van der Waals surface area contributed by atoms with Crippen LogP contribution in [-0.2, 0) is 20.8 Å². The molecule has 0 spiro atoms. The summed E-state index contributed by atoms with van der Waals surface area (Å²) in [6, 6.07) is 6.35. The summed E-state index contributed by atoms with van der Waals surface area (Å²) in [4.78, 5) is 33.3. The van der Waals surface area contributed by atoms with Gasteiger partial charge >= 0.3 is 11.9 Å². The van der Waals surface area contributed by atoms with Gasteiger partial charge in [-0.05, 0) is 23.6 Å². The van der Waals surface area contributed by atoms with Crippen molar-refractivity contribution >= 4 is 77.0 Å². The summed E-state index contributed by atoms with van der Waals surface area (Å²) in [6.45, 7) is 3.01. The van der Waals surface area contributed by atoms with Gasteiger partial charge in [0.25, 0.3) is 5.91 Å². The normalized spacial score (nSPS) is 10.8. The Kier molecular flexibility index (Phi) is 13.2. The Hall–Kier alpha value is -0.830. The zero-order valence-electron chi connectivity index (χ0n) is 14.9. The Morgan fingerprint density at radius 1 is 1.04 bits per heavy atom. The fraction of sp³-hybridized carbons (Fsp3) is 0.312. The zero-order chi connectivity index (χ0) is 17.6. The summed E-state index contributed by atoms with van der Waals surface area (Å²) in [5, 5.41) is 18.5. The molecule has 0 heterocycles. The van der Waals surface area contributed by atoms with Gasteiger partial charge in [-0.25, -0.2) is 9.59 Å². The average molecular weight is 367 g/mol. The van der Waals surface area contributed by atoms with Gasteiger partial charge in [-0.1, -0.05) is 26.0 Å². The van der Waals surface area contributed by atoms with Crippen LogP contribution in [0.25, 0.3) is 0 Å². The van der Waals surface area contributed by atoms with Crippen LogP contribution in [0.2, 0.25) is 0 Å². The standard InChI is InChI=1S/C16H19NO6.2Na/c1-9(2)14(16(21)22)12(15(19)20)7-10-3-5-11(6-4-10)23-8-13(17)18;;/h3-6,9H,7-8H2,1-2H3,(H2,17,18)(H,19,20)(H,21,22);;. The van der Waals surface area contributed by atoms with Crippen LogP contribution >= 0.6 is 0 Å². The van der Waals surface area contributed by atoms with Crippen molar-refractivity contribution in [1.29, 1.82) is 0 Å². The second-order valence-electron chi connectivity index (χ2n) is 5.23. The van der Waals surface area contributed by atoms with Crippen molar-refractivity contribution in [2.45, 2.75) is 20.3 Å². The van der Waals surface area contributed by atoms with E-state index in [4.69, 9.17) is 10.5 Å². The number of carbonyl (C=O) groups is 3. The van der Waals surface area contributed by atoms with Crippen molar-refractivity contribution < 1.29 is 29.3 Å². The SMILES string of the molecule is CC(C)C(C(=O)O)=C(Cc1ccc(OCC(N)=O)cc1)C(=O)O.[Na].[Na]. The summed E-state index contributed by atoms with van der Waals surface area (Å²) in [7, 11) is 0. The maximum Gasteiger partial charge on any atom is 0.332 e. The van der Waals surface area contributed by atoms with Crippen molar-refractivity contribution in [2.24, 2.45) is 11.7 Å². The van der Waals surface area contributed by atoms with Crippen LogP contribution in [-0.4, -0.2) is 93.8 Å². The molecule has 1 aromatic carbocycles. The van der Waals surface area contributed by atoms with E-state index >= 15 is 0 Å². The van der Waals surface area contributed by atoms with Crippen LogP contribution in [0, 0.1) is 5.92 Å². The quantitative estimate of drug-likeness (QED) is 0.452. The monoisotopic (exact) mass is 367 g/mol. The molecule has 0 bridgehead atoms. The molecule has 4 N–H and O–H groups in total. The number of hydrogen-bond acceptors (Lipinski definition) is 4. The van der Waals surface area contributed by atoms with Crippen LogP contribution in [0.5, 0.6) is 5.75 Å².